The van der Waals surface area contributed by atoms with E-state index in [1.807, 2.05) is 41.8 Å². The second-order valence-corrected chi connectivity index (χ2v) is 7.48. The third-order valence-corrected chi connectivity index (χ3v) is 5.43. The summed E-state index contributed by atoms with van der Waals surface area (Å²) in [5.74, 6) is -0.349. The van der Waals surface area contributed by atoms with Gasteiger partial charge in [-0.15, -0.1) is 0 Å². The minimum absolute atomic E-state index is 0.0185. The molecule has 0 bridgehead atoms. The number of hydrogen-bond acceptors (Lipinski definition) is 5. The third kappa shape index (κ3) is 3.87. The van der Waals surface area contributed by atoms with Crippen molar-refractivity contribution < 1.29 is 14.6 Å². The normalized spacial score (nSPS) is 18.9. The number of fused-ring (bicyclic) bond motifs is 1. The van der Waals surface area contributed by atoms with Crippen LogP contribution in [0.4, 0.5) is 0 Å². The van der Waals surface area contributed by atoms with Crippen LogP contribution in [0.15, 0.2) is 35.1 Å². The van der Waals surface area contributed by atoms with Gasteiger partial charge in [0.15, 0.2) is 11.2 Å². The summed E-state index contributed by atoms with van der Waals surface area (Å²) < 4.78 is 7.57. The number of aryl methyl sites for hydroxylation is 1. The van der Waals surface area contributed by atoms with Crippen LogP contribution in [-0.4, -0.2) is 30.6 Å². The van der Waals surface area contributed by atoms with E-state index in [1.165, 1.54) is 0 Å². The molecule has 1 fully saturated rings. The van der Waals surface area contributed by atoms with Crippen molar-refractivity contribution >= 4 is 17.1 Å². The fraction of sp³-hybridized carbons (Fsp3) is 0.429. The molecule has 1 aromatic carbocycles. The van der Waals surface area contributed by atoms with Crippen LogP contribution >= 0.6 is 0 Å². The van der Waals surface area contributed by atoms with Crippen molar-refractivity contribution in [3.8, 4) is 6.01 Å². The largest absolute Gasteiger partial charge is 0.481 e. The molecule has 29 heavy (non-hydrogen) atoms. The molecule has 1 saturated carbocycles. The first-order valence-corrected chi connectivity index (χ1v) is 9.96. The number of aromatic amines is 1. The Kier molecular flexibility index (Phi) is 5.33. The summed E-state index contributed by atoms with van der Waals surface area (Å²) in [4.78, 5) is 35.9. The molecule has 2 heterocycles. The number of benzene rings is 1. The van der Waals surface area contributed by atoms with Crippen LogP contribution in [0, 0.1) is 5.92 Å². The summed E-state index contributed by atoms with van der Waals surface area (Å²) in [5.41, 5.74) is 1.45. The van der Waals surface area contributed by atoms with Crippen molar-refractivity contribution in [3.05, 3.63) is 52.1 Å². The summed E-state index contributed by atoms with van der Waals surface area (Å²) in [6, 6.07) is 9.77. The van der Waals surface area contributed by atoms with Gasteiger partial charge in [0, 0.05) is 12.5 Å². The number of carbonyl (C=O) groups is 1. The number of carboxylic acid groups (broad SMARTS) is 1. The number of aromatic nitrogens is 4. The Labute approximate surface area is 167 Å². The lowest BCUT2D eigenvalue weighted by atomic mass is 10.0. The molecule has 1 aliphatic rings. The Bertz CT molecular complexity index is 1070. The lowest BCUT2D eigenvalue weighted by molar-refractivity contribution is -0.141. The quantitative estimate of drug-likeness (QED) is 0.635. The summed E-state index contributed by atoms with van der Waals surface area (Å²) in [6.07, 6.45) is 2.75. The molecule has 2 atom stereocenters. The van der Waals surface area contributed by atoms with Crippen molar-refractivity contribution in [2.75, 3.05) is 0 Å². The topological polar surface area (TPSA) is 110 Å². The smallest absolute Gasteiger partial charge is 0.306 e. The Morgan fingerprint density at radius 3 is 2.76 bits per heavy atom. The van der Waals surface area contributed by atoms with Crippen LogP contribution in [0.3, 0.4) is 0 Å². The first-order chi connectivity index (χ1) is 14.1. The summed E-state index contributed by atoms with van der Waals surface area (Å²) in [5, 5.41) is 9.31. The Morgan fingerprint density at radius 2 is 2.07 bits per heavy atom. The zero-order valence-electron chi connectivity index (χ0n) is 16.3. The standard InChI is InChI=1S/C21H24N4O4/c1-2-10-25-16-17(22-18(25)14-8-9-15(11-14)20(27)28)23-21(24-19(16)26)29-12-13-6-4-3-5-7-13/h3-7,14-15H,2,8-12H2,1H3,(H,27,28)(H,23,24,26). The minimum Gasteiger partial charge on any atom is -0.481 e. The SMILES string of the molecule is CCCn1c(C2CCC(C(=O)O)C2)nc2nc(OCc3ccccc3)[nH]c(=O)c21. The van der Waals surface area contributed by atoms with E-state index < -0.39 is 5.97 Å². The number of aliphatic carboxylic acids is 1. The predicted molar refractivity (Wildman–Crippen MR) is 107 cm³/mol. The molecule has 8 nitrogen and oxygen atoms in total. The van der Waals surface area contributed by atoms with Crippen molar-refractivity contribution in [2.24, 2.45) is 5.92 Å². The van der Waals surface area contributed by atoms with Gasteiger partial charge >= 0.3 is 5.97 Å². The lowest BCUT2D eigenvalue weighted by Gasteiger charge is -2.12. The van der Waals surface area contributed by atoms with Gasteiger partial charge in [0.05, 0.1) is 5.92 Å². The first kappa shape index (κ1) is 19.2. The highest BCUT2D eigenvalue weighted by Crippen LogP contribution is 2.38. The molecule has 0 spiro atoms. The van der Waals surface area contributed by atoms with Crippen molar-refractivity contribution in [2.45, 2.75) is 51.7 Å². The molecule has 3 aromatic rings. The molecule has 0 amide bonds. The molecule has 8 heteroatoms. The van der Waals surface area contributed by atoms with Gasteiger partial charge in [0.25, 0.3) is 11.6 Å². The molecular weight excluding hydrogens is 372 g/mol. The van der Waals surface area contributed by atoms with Crippen molar-refractivity contribution in [3.63, 3.8) is 0 Å². The van der Waals surface area contributed by atoms with Gasteiger partial charge in [-0.05, 0) is 31.2 Å². The summed E-state index contributed by atoms with van der Waals surface area (Å²) in [7, 11) is 0. The Balaban J connectivity index is 1.66. The van der Waals surface area contributed by atoms with Crippen LogP contribution in [0.5, 0.6) is 6.01 Å². The maximum Gasteiger partial charge on any atom is 0.306 e. The zero-order chi connectivity index (χ0) is 20.4. The number of rotatable bonds is 7. The average Bonchev–Trinajstić information content (AvgIpc) is 3.33. The number of carboxylic acids is 1. The summed E-state index contributed by atoms with van der Waals surface area (Å²) in [6.45, 7) is 2.96. The highest BCUT2D eigenvalue weighted by atomic mass is 16.5. The van der Waals surface area contributed by atoms with E-state index >= 15 is 0 Å². The van der Waals surface area contributed by atoms with Gasteiger partial charge in [0.2, 0.25) is 0 Å². The van der Waals surface area contributed by atoms with E-state index in [1.54, 1.807) is 0 Å². The maximum atomic E-state index is 12.8. The van der Waals surface area contributed by atoms with Crippen molar-refractivity contribution in [1.82, 2.24) is 19.5 Å². The Hall–Kier alpha value is -3.16. The van der Waals surface area contributed by atoms with E-state index in [0.29, 0.717) is 37.2 Å². The van der Waals surface area contributed by atoms with Crippen LogP contribution < -0.4 is 10.3 Å². The van der Waals surface area contributed by atoms with Crippen LogP contribution in [0.1, 0.15) is 49.9 Å². The third-order valence-electron chi connectivity index (χ3n) is 5.43. The van der Waals surface area contributed by atoms with Gasteiger partial charge in [0.1, 0.15) is 12.4 Å². The second-order valence-electron chi connectivity index (χ2n) is 7.48. The number of ether oxygens (including phenoxy) is 1. The summed E-state index contributed by atoms with van der Waals surface area (Å²) >= 11 is 0. The van der Waals surface area contributed by atoms with Crippen LogP contribution in [-0.2, 0) is 17.9 Å². The van der Waals surface area contributed by atoms with E-state index in [-0.39, 0.29) is 23.4 Å². The lowest BCUT2D eigenvalue weighted by Crippen LogP contribution is -2.16. The highest BCUT2D eigenvalue weighted by molar-refractivity contribution is 5.72. The molecule has 2 N–H and O–H groups in total. The van der Waals surface area contributed by atoms with Gasteiger partial charge < -0.3 is 14.4 Å². The number of hydrogen-bond donors (Lipinski definition) is 2. The van der Waals surface area contributed by atoms with Crippen LogP contribution in [0.25, 0.3) is 11.2 Å². The Morgan fingerprint density at radius 1 is 1.28 bits per heavy atom. The second kappa shape index (κ2) is 8.06. The highest BCUT2D eigenvalue weighted by Gasteiger charge is 2.34. The van der Waals surface area contributed by atoms with Crippen molar-refractivity contribution in [1.29, 1.82) is 0 Å². The fourth-order valence-electron chi connectivity index (χ4n) is 4.04. The van der Waals surface area contributed by atoms with Gasteiger partial charge in [-0.2, -0.15) is 4.98 Å². The molecule has 2 aromatic heterocycles. The average molecular weight is 396 g/mol. The molecule has 0 saturated heterocycles. The van der Waals surface area contributed by atoms with E-state index in [4.69, 9.17) is 4.74 Å². The predicted octanol–water partition coefficient (Wildman–Crippen LogP) is 3.08. The molecule has 0 aliphatic heterocycles. The van der Waals surface area contributed by atoms with Crippen LogP contribution in [0.2, 0.25) is 0 Å². The maximum absolute atomic E-state index is 12.8. The fourth-order valence-corrected chi connectivity index (χ4v) is 4.04. The van der Waals surface area contributed by atoms with Gasteiger partial charge in [-0.25, -0.2) is 4.98 Å². The van der Waals surface area contributed by atoms with E-state index in [0.717, 1.165) is 24.2 Å². The van der Waals surface area contributed by atoms with Gasteiger partial charge in [-0.3, -0.25) is 14.6 Å². The number of H-pyrrole nitrogens is 1. The number of nitrogens with one attached hydrogen (secondary N) is 1. The number of nitrogens with zero attached hydrogens (tertiary/aromatic N) is 3. The molecule has 4 rings (SSSR count). The van der Waals surface area contributed by atoms with Gasteiger partial charge in [-0.1, -0.05) is 37.3 Å². The monoisotopic (exact) mass is 396 g/mol. The minimum atomic E-state index is -0.766. The molecule has 1 aliphatic carbocycles. The molecule has 2 unspecified atom stereocenters. The first-order valence-electron chi connectivity index (χ1n) is 9.96. The van der Waals surface area contributed by atoms with E-state index in [2.05, 4.69) is 15.0 Å². The zero-order valence-corrected chi connectivity index (χ0v) is 16.3. The molecule has 0 radical (unpaired) electrons. The molecular formula is C21H24N4O4. The molecule has 152 valence electrons. The van der Waals surface area contributed by atoms with E-state index in [9.17, 15) is 14.7 Å². The number of imidazole rings is 1.